The van der Waals surface area contributed by atoms with E-state index >= 15 is 0 Å². The Kier molecular flexibility index (Phi) is 10.2. The molecule has 0 spiro atoms. The molecule has 0 aliphatic carbocycles. The molecule has 2 saturated heterocycles. The molecule has 10 heteroatoms. The van der Waals surface area contributed by atoms with Crippen LogP contribution in [0.3, 0.4) is 0 Å². The molecule has 1 N–H and O–H groups in total. The van der Waals surface area contributed by atoms with E-state index in [1.54, 1.807) is 36.4 Å². The van der Waals surface area contributed by atoms with E-state index in [-0.39, 0.29) is 23.4 Å². The molecule has 7 nitrogen and oxygen atoms in total. The van der Waals surface area contributed by atoms with Crippen LogP contribution < -0.4 is 4.74 Å². The fourth-order valence-electron chi connectivity index (χ4n) is 7.39. The number of alkyl halides is 2. The van der Waals surface area contributed by atoms with Crippen LogP contribution >= 0.6 is 0 Å². The number of carbonyl (C=O) groups is 1. The summed E-state index contributed by atoms with van der Waals surface area (Å²) in [5.41, 5.74) is 3.66. The normalized spacial score (nSPS) is 21.0. The van der Waals surface area contributed by atoms with Gasteiger partial charge in [0.05, 0.1) is 5.69 Å². The van der Waals surface area contributed by atoms with Crippen LogP contribution in [-0.4, -0.2) is 76.0 Å². The number of ether oxygens (including phenoxy) is 1. The lowest BCUT2D eigenvalue weighted by molar-refractivity contribution is -0.147. The van der Waals surface area contributed by atoms with E-state index in [2.05, 4.69) is 32.2 Å². The second kappa shape index (κ2) is 14.0. The summed E-state index contributed by atoms with van der Waals surface area (Å²) in [4.78, 5) is 16.9. The number of aryl methyl sites for hydroxylation is 1. The molecule has 3 aromatic rings. The van der Waals surface area contributed by atoms with E-state index in [9.17, 15) is 23.1 Å². The van der Waals surface area contributed by atoms with Gasteiger partial charge in [0.1, 0.15) is 17.6 Å². The van der Waals surface area contributed by atoms with Crippen molar-refractivity contribution in [2.24, 2.45) is 11.3 Å². The number of piperidine rings is 1. The number of carboxylic acid groups (broad SMARTS) is 1. The van der Waals surface area contributed by atoms with Crippen LogP contribution in [0.5, 0.6) is 5.75 Å². The van der Waals surface area contributed by atoms with E-state index in [1.165, 1.54) is 11.8 Å². The third-order valence-corrected chi connectivity index (χ3v) is 9.36. The molecular formula is C35H45F3N4O3. The number of aliphatic carboxylic acids is 1. The molecule has 2 aliphatic heterocycles. The van der Waals surface area contributed by atoms with Gasteiger partial charge in [0, 0.05) is 50.1 Å². The number of nitrogens with zero attached hydrogens (tertiary/aromatic N) is 4. The molecule has 0 unspecified atom stereocenters. The zero-order valence-corrected chi connectivity index (χ0v) is 26.6. The minimum absolute atomic E-state index is 0.0581. The largest absolute Gasteiger partial charge is 0.480 e. The first-order valence-corrected chi connectivity index (χ1v) is 16.0. The Morgan fingerprint density at radius 3 is 2.38 bits per heavy atom. The third-order valence-electron chi connectivity index (χ3n) is 9.36. The van der Waals surface area contributed by atoms with Crippen LogP contribution in [0.1, 0.15) is 74.9 Å². The van der Waals surface area contributed by atoms with Crippen molar-refractivity contribution in [3.8, 4) is 5.75 Å². The second-order valence-corrected chi connectivity index (χ2v) is 13.6. The van der Waals surface area contributed by atoms with Gasteiger partial charge in [-0.1, -0.05) is 45.0 Å². The zero-order chi connectivity index (χ0) is 32.3. The molecular weight excluding hydrogens is 581 g/mol. The molecule has 5 rings (SSSR count). The van der Waals surface area contributed by atoms with Crippen LogP contribution in [0.2, 0.25) is 0 Å². The van der Waals surface area contributed by atoms with Gasteiger partial charge >= 0.3 is 12.6 Å². The van der Waals surface area contributed by atoms with E-state index < -0.39 is 24.0 Å². The maximum absolute atomic E-state index is 14.3. The van der Waals surface area contributed by atoms with Crippen LogP contribution in [-0.2, 0) is 17.8 Å². The first-order chi connectivity index (χ1) is 21.4. The van der Waals surface area contributed by atoms with Gasteiger partial charge in [-0.2, -0.15) is 13.9 Å². The number of halogens is 3. The minimum atomic E-state index is -2.84. The number of carboxylic acids is 1. The van der Waals surface area contributed by atoms with Crippen molar-refractivity contribution in [1.29, 1.82) is 0 Å². The van der Waals surface area contributed by atoms with Gasteiger partial charge < -0.3 is 14.7 Å². The standard InChI is InChI=1S/C35H45F3N4O3/c1-5-42-31(19-28(39-42)17-23-9-11-29(12-10-23)45-34(37)38)24-13-15-40(16-14-24)20-26-21-41(32(33(43)44)35(2,3)4)22-30(26)25-7-6-8-27(36)18-25/h6-12,18-19,24,26,30,32,34H,5,13-17,20-22H2,1-4H3,(H,43,44)/t26-,30+,32-/m0/s1. The van der Waals surface area contributed by atoms with Gasteiger partial charge in [-0.3, -0.25) is 14.4 Å². The summed E-state index contributed by atoms with van der Waals surface area (Å²) in [7, 11) is 0. The van der Waals surface area contributed by atoms with Crippen molar-refractivity contribution in [2.45, 2.75) is 78.0 Å². The summed E-state index contributed by atoms with van der Waals surface area (Å²) in [6, 6.07) is 15.1. The topological polar surface area (TPSA) is 70.8 Å². The van der Waals surface area contributed by atoms with Crippen molar-refractivity contribution in [3.63, 3.8) is 0 Å². The fraction of sp³-hybridized carbons (Fsp3) is 0.543. The van der Waals surface area contributed by atoms with Crippen LogP contribution in [0.4, 0.5) is 13.2 Å². The van der Waals surface area contributed by atoms with Crippen molar-refractivity contribution >= 4 is 5.97 Å². The van der Waals surface area contributed by atoms with E-state index in [0.29, 0.717) is 25.4 Å². The Morgan fingerprint density at radius 2 is 1.78 bits per heavy atom. The highest BCUT2D eigenvalue weighted by Crippen LogP contribution is 2.39. The Labute approximate surface area is 264 Å². The van der Waals surface area contributed by atoms with Gasteiger partial charge in [0.2, 0.25) is 0 Å². The Bertz CT molecular complexity index is 1430. The number of hydrogen-bond donors (Lipinski definition) is 1. The van der Waals surface area contributed by atoms with Gasteiger partial charge in [0.25, 0.3) is 0 Å². The van der Waals surface area contributed by atoms with Crippen molar-refractivity contribution in [2.75, 3.05) is 32.7 Å². The molecule has 0 bridgehead atoms. The first kappa shape index (κ1) is 33.0. The zero-order valence-electron chi connectivity index (χ0n) is 26.6. The maximum Gasteiger partial charge on any atom is 0.387 e. The minimum Gasteiger partial charge on any atom is -0.480 e. The molecule has 2 aromatic carbocycles. The average molecular weight is 627 g/mol. The summed E-state index contributed by atoms with van der Waals surface area (Å²) in [6.45, 7) is 9.86. The van der Waals surface area contributed by atoms with Gasteiger partial charge in [-0.05, 0) is 85.6 Å². The highest BCUT2D eigenvalue weighted by Gasteiger charge is 2.44. The lowest BCUT2D eigenvalue weighted by Crippen LogP contribution is -2.48. The monoisotopic (exact) mass is 626 g/mol. The number of hydrogen-bond acceptors (Lipinski definition) is 5. The lowest BCUT2D eigenvalue weighted by Gasteiger charge is -2.36. The SMILES string of the molecule is CCn1nc(Cc2ccc(OC(F)F)cc2)cc1C1CCN(C[C@H]2CN([C@@H](C(=O)O)C(C)(C)C)C[C@@H]2c2cccc(F)c2)CC1. The van der Waals surface area contributed by atoms with E-state index in [0.717, 1.165) is 55.8 Å². The van der Waals surface area contributed by atoms with Gasteiger partial charge in [-0.15, -0.1) is 0 Å². The quantitative estimate of drug-likeness (QED) is 0.258. The third kappa shape index (κ3) is 8.08. The molecule has 2 fully saturated rings. The molecule has 1 aromatic heterocycles. The first-order valence-electron chi connectivity index (χ1n) is 16.0. The molecule has 244 valence electrons. The Hall–Kier alpha value is -3.37. The maximum atomic E-state index is 14.3. The average Bonchev–Trinajstić information content (AvgIpc) is 3.57. The predicted molar refractivity (Wildman–Crippen MR) is 167 cm³/mol. The van der Waals surface area contributed by atoms with Gasteiger partial charge in [-0.25, -0.2) is 4.39 Å². The summed E-state index contributed by atoms with van der Waals surface area (Å²) < 4.78 is 45.8. The summed E-state index contributed by atoms with van der Waals surface area (Å²) in [5.74, 6) is -0.308. The van der Waals surface area contributed by atoms with Crippen molar-refractivity contribution in [1.82, 2.24) is 19.6 Å². The highest BCUT2D eigenvalue weighted by atomic mass is 19.3. The number of benzene rings is 2. The Morgan fingerprint density at radius 1 is 1.07 bits per heavy atom. The van der Waals surface area contributed by atoms with E-state index in [1.807, 2.05) is 26.8 Å². The molecule has 0 radical (unpaired) electrons. The molecule has 45 heavy (non-hydrogen) atoms. The molecule has 0 amide bonds. The van der Waals surface area contributed by atoms with Crippen LogP contribution in [0.15, 0.2) is 54.6 Å². The van der Waals surface area contributed by atoms with Crippen LogP contribution in [0, 0.1) is 17.2 Å². The molecule has 3 atom stereocenters. The van der Waals surface area contributed by atoms with Crippen LogP contribution in [0.25, 0.3) is 0 Å². The predicted octanol–water partition coefficient (Wildman–Crippen LogP) is 6.63. The number of rotatable bonds is 11. The van der Waals surface area contributed by atoms with Crippen molar-refractivity contribution in [3.05, 3.63) is 82.9 Å². The summed E-state index contributed by atoms with van der Waals surface area (Å²) in [6.07, 6.45) is 2.59. The Balaban J connectivity index is 1.24. The smallest absolute Gasteiger partial charge is 0.387 e. The highest BCUT2D eigenvalue weighted by molar-refractivity contribution is 5.74. The molecule has 3 heterocycles. The van der Waals surface area contributed by atoms with Gasteiger partial charge in [0.15, 0.2) is 0 Å². The number of aromatic nitrogens is 2. The summed E-state index contributed by atoms with van der Waals surface area (Å²) >= 11 is 0. The summed E-state index contributed by atoms with van der Waals surface area (Å²) in [5, 5.41) is 15.0. The molecule has 2 aliphatic rings. The van der Waals surface area contributed by atoms with E-state index in [4.69, 9.17) is 5.10 Å². The molecule has 0 saturated carbocycles. The fourth-order valence-corrected chi connectivity index (χ4v) is 7.39. The lowest BCUT2D eigenvalue weighted by atomic mass is 9.85. The van der Waals surface area contributed by atoms with Crippen molar-refractivity contribution < 1.29 is 27.8 Å². The number of likely N-dealkylation sites (tertiary alicyclic amines) is 2. The second-order valence-electron chi connectivity index (χ2n) is 13.6.